The highest BCUT2D eigenvalue weighted by atomic mass is 16.5. The SMILES string of the molecule is COc1cc(OC)cc(C(=O)N/N=C(/C)CC(=O)N[C@@H](C)c2ccccc2)c1. The van der Waals surface area contributed by atoms with Gasteiger partial charge in [0.1, 0.15) is 11.5 Å². The summed E-state index contributed by atoms with van der Waals surface area (Å²) < 4.78 is 10.3. The Labute approximate surface area is 164 Å². The molecule has 0 radical (unpaired) electrons. The second-order valence-corrected chi connectivity index (χ2v) is 6.27. The van der Waals surface area contributed by atoms with E-state index >= 15 is 0 Å². The van der Waals surface area contributed by atoms with E-state index in [1.54, 1.807) is 25.1 Å². The van der Waals surface area contributed by atoms with E-state index in [4.69, 9.17) is 9.47 Å². The van der Waals surface area contributed by atoms with Gasteiger partial charge < -0.3 is 14.8 Å². The van der Waals surface area contributed by atoms with Crippen LogP contribution in [0.15, 0.2) is 53.6 Å². The van der Waals surface area contributed by atoms with E-state index in [1.807, 2.05) is 37.3 Å². The van der Waals surface area contributed by atoms with Gasteiger partial charge in [0.15, 0.2) is 0 Å². The minimum atomic E-state index is -0.422. The second-order valence-electron chi connectivity index (χ2n) is 6.27. The van der Waals surface area contributed by atoms with Crippen molar-refractivity contribution in [3.63, 3.8) is 0 Å². The molecule has 0 aromatic heterocycles. The van der Waals surface area contributed by atoms with Crippen molar-refractivity contribution < 1.29 is 19.1 Å². The van der Waals surface area contributed by atoms with Crippen LogP contribution < -0.4 is 20.2 Å². The fraction of sp³-hybridized carbons (Fsp3) is 0.286. The van der Waals surface area contributed by atoms with Crippen molar-refractivity contribution >= 4 is 17.5 Å². The largest absolute Gasteiger partial charge is 0.497 e. The third-order valence-corrected chi connectivity index (χ3v) is 4.06. The van der Waals surface area contributed by atoms with Gasteiger partial charge >= 0.3 is 0 Å². The molecule has 2 N–H and O–H groups in total. The van der Waals surface area contributed by atoms with E-state index in [-0.39, 0.29) is 18.4 Å². The summed E-state index contributed by atoms with van der Waals surface area (Å²) in [5.41, 5.74) is 4.30. The van der Waals surface area contributed by atoms with Gasteiger partial charge in [-0.3, -0.25) is 9.59 Å². The molecule has 0 spiro atoms. The lowest BCUT2D eigenvalue weighted by Gasteiger charge is -2.14. The highest BCUT2D eigenvalue weighted by Crippen LogP contribution is 2.22. The first-order valence-corrected chi connectivity index (χ1v) is 8.83. The molecule has 28 heavy (non-hydrogen) atoms. The molecule has 0 aliphatic rings. The molecule has 2 amide bonds. The molecule has 0 fully saturated rings. The molecule has 0 heterocycles. The van der Waals surface area contributed by atoms with E-state index in [1.165, 1.54) is 14.2 Å². The number of carbonyl (C=O) groups is 2. The zero-order chi connectivity index (χ0) is 20.5. The van der Waals surface area contributed by atoms with Crippen molar-refractivity contribution in [1.29, 1.82) is 0 Å². The summed E-state index contributed by atoms with van der Waals surface area (Å²) in [6.45, 7) is 3.59. The minimum absolute atomic E-state index is 0.0822. The lowest BCUT2D eigenvalue weighted by molar-refractivity contribution is -0.120. The Balaban J connectivity index is 1.93. The molecule has 2 aromatic carbocycles. The van der Waals surface area contributed by atoms with Crippen molar-refractivity contribution in [3.05, 3.63) is 59.7 Å². The fourth-order valence-corrected chi connectivity index (χ4v) is 2.54. The Morgan fingerprint density at radius 1 is 1.04 bits per heavy atom. The average molecular weight is 383 g/mol. The highest BCUT2D eigenvalue weighted by molar-refractivity contribution is 6.01. The van der Waals surface area contributed by atoms with Gasteiger partial charge in [-0.2, -0.15) is 5.10 Å². The van der Waals surface area contributed by atoms with Gasteiger partial charge in [0.2, 0.25) is 5.91 Å². The lowest BCUT2D eigenvalue weighted by Crippen LogP contribution is -2.28. The monoisotopic (exact) mass is 383 g/mol. The van der Waals surface area contributed by atoms with E-state index in [2.05, 4.69) is 15.8 Å². The number of carbonyl (C=O) groups excluding carboxylic acids is 2. The van der Waals surface area contributed by atoms with Crippen LogP contribution in [0.4, 0.5) is 0 Å². The van der Waals surface area contributed by atoms with E-state index in [9.17, 15) is 9.59 Å². The molecule has 0 unspecified atom stereocenters. The van der Waals surface area contributed by atoms with Gasteiger partial charge in [-0.05, 0) is 31.5 Å². The summed E-state index contributed by atoms with van der Waals surface area (Å²) in [5.74, 6) is 0.406. The summed E-state index contributed by atoms with van der Waals surface area (Å²) in [6.07, 6.45) is 0.0822. The quantitative estimate of drug-likeness (QED) is 0.542. The number of hydrogen-bond donors (Lipinski definition) is 2. The molecule has 2 rings (SSSR count). The highest BCUT2D eigenvalue weighted by Gasteiger charge is 2.12. The van der Waals surface area contributed by atoms with Crippen LogP contribution in [0.3, 0.4) is 0 Å². The van der Waals surface area contributed by atoms with Gasteiger partial charge in [-0.25, -0.2) is 5.43 Å². The van der Waals surface area contributed by atoms with Gasteiger partial charge in [0.25, 0.3) is 5.91 Å². The number of methoxy groups -OCH3 is 2. The molecular formula is C21H25N3O4. The molecule has 0 aliphatic heterocycles. The standard InChI is InChI=1S/C21H25N3O4/c1-14(10-20(25)22-15(2)16-8-6-5-7-9-16)23-24-21(26)17-11-18(27-3)13-19(12-17)28-4/h5-9,11-13,15H,10H2,1-4H3,(H,22,25)(H,24,26)/b23-14-/t15-/m0/s1. The van der Waals surface area contributed by atoms with E-state index in [0.717, 1.165) is 5.56 Å². The molecule has 0 saturated heterocycles. The zero-order valence-corrected chi connectivity index (χ0v) is 16.5. The average Bonchev–Trinajstić information content (AvgIpc) is 2.71. The van der Waals surface area contributed by atoms with Gasteiger partial charge in [-0.15, -0.1) is 0 Å². The summed E-state index contributed by atoms with van der Waals surface area (Å²) >= 11 is 0. The molecule has 0 bridgehead atoms. The topological polar surface area (TPSA) is 89.0 Å². The van der Waals surface area contributed by atoms with Crippen LogP contribution in [0, 0.1) is 0 Å². The third kappa shape index (κ3) is 6.12. The number of nitrogens with one attached hydrogen (secondary N) is 2. The molecule has 0 saturated carbocycles. The Morgan fingerprint density at radius 2 is 1.64 bits per heavy atom. The summed E-state index contributed by atoms with van der Waals surface area (Å²) in [5, 5.41) is 6.92. The van der Waals surface area contributed by atoms with Gasteiger partial charge in [0, 0.05) is 17.3 Å². The van der Waals surface area contributed by atoms with Crippen molar-refractivity contribution in [2.45, 2.75) is 26.3 Å². The van der Waals surface area contributed by atoms with Crippen LogP contribution in [0.2, 0.25) is 0 Å². The number of hydrogen-bond acceptors (Lipinski definition) is 5. The van der Waals surface area contributed by atoms with Crippen LogP contribution in [0.5, 0.6) is 11.5 Å². The maximum atomic E-state index is 12.3. The van der Waals surface area contributed by atoms with Gasteiger partial charge in [-0.1, -0.05) is 30.3 Å². The zero-order valence-electron chi connectivity index (χ0n) is 16.5. The molecule has 7 nitrogen and oxygen atoms in total. The predicted molar refractivity (Wildman–Crippen MR) is 108 cm³/mol. The summed E-state index contributed by atoms with van der Waals surface area (Å²) in [6, 6.07) is 14.4. The van der Waals surface area contributed by atoms with E-state index in [0.29, 0.717) is 22.8 Å². The molecule has 7 heteroatoms. The first-order chi connectivity index (χ1) is 13.4. The minimum Gasteiger partial charge on any atom is -0.497 e. The van der Waals surface area contributed by atoms with Gasteiger partial charge in [0.05, 0.1) is 26.7 Å². The smallest absolute Gasteiger partial charge is 0.271 e. The molecule has 0 aliphatic carbocycles. The third-order valence-electron chi connectivity index (χ3n) is 4.06. The number of nitrogens with zero attached hydrogens (tertiary/aromatic N) is 1. The summed E-state index contributed by atoms with van der Waals surface area (Å²) in [7, 11) is 3.02. The van der Waals surface area contributed by atoms with Crippen LogP contribution in [0.25, 0.3) is 0 Å². The fourth-order valence-electron chi connectivity index (χ4n) is 2.54. The van der Waals surface area contributed by atoms with Crippen molar-refractivity contribution in [3.8, 4) is 11.5 Å². The van der Waals surface area contributed by atoms with Crippen molar-refractivity contribution in [1.82, 2.24) is 10.7 Å². The Bertz CT molecular complexity index is 828. The first-order valence-electron chi connectivity index (χ1n) is 8.83. The predicted octanol–water partition coefficient (Wildman–Crippen LogP) is 3.08. The molecule has 148 valence electrons. The molecule has 2 aromatic rings. The van der Waals surface area contributed by atoms with Crippen LogP contribution in [-0.2, 0) is 4.79 Å². The maximum Gasteiger partial charge on any atom is 0.271 e. The maximum absolute atomic E-state index is 12.3. The lowest BCUT2D eigenvalue weighted by atomic mass is 10.1. The van der Waals surface area contributed by atoms with Crippen LogP contribution in [-0.4, -0.2) is 31.7 Å². The molecule has 1 atom stereocenters. The van der Waals surface area contributed by atoms with Crippen molar-refractivity contribution in [2.24, 2.45) is 5.10 Å². The summed E-state index contributed by atoms with van der Waals surface area (Å²) in [4.78, 5) is 24.5. The number of rotatable bonds is 8. The normalized spacial score (nSPS) is 12.1. The van der Waals surface area contributed by atoms with Crippen LogP contribution in [0.1, 0.15) is 42.2 Å². The number of ether oxygens (including phenoxy) is 2. The Morgan fingerprint density at radius 3 is 2.21 bits per heavy atom. The number of benzene rings is 2. The number of hydrazone groups is 1. The first kappa shape index (κ1) is 21.0. The van der Waals surface area contributed by atoms with E-state index < -0.39 is 5.91 Å². The Hall–Kier alpha value is -3.35. The Kier molecular flexibility index (Phi) is 7.56. The molecular weight excluding hydrogens is 358 g/mol. The number of amides is 2. The van der Waals surface area contributed by atoms with Crippen LogP contribution >= 0.6 is 0 Å². The second kappa shape index (κ2) is 10.1. The van der Waals surface area contributed by atoms with Crippen molar-refractivity contribution in [2.75, 3.05) is 14.2 Å².